The van der Waals surface area contributed by atoms with Crippen molar-refractivity contribution in [2.24, 2.45) is 0 Å². The smallest absolute Gasteiger partial charge is 0.339 e. The quantitative estimate of drug-likeness (QED) is 0.438. The molecule has 2 aromatic carbocycles. The molecule has 152 valence electrons. The monoisotopic (exact) mass is 406 g/mol. The molecular formula is C21H18N4O5. The summed E-state index contributed by atoms with van der Waals surface area (Å²) in [5.74, 6) is -1.18. The van der Waals surface area contributed by atoms with E-state index in [1.54, 1.807) is 31.2 Å². The van der Waals surface area contributed by atoms with Crippen LogP contribution in [0.3, 0.4) is 0 Å². The van der Waals surface area contributed by atoms with Crippen LogP contribution in [-0.4, -0.2) is 39.5 Å². The molecular weight excluding hydrogens is 388 g/mol. The fraction of sp³-hybridized carbons (Fsp3) is 0.190. The van der Waals surface area contributed by atoms with E-state index in [-0.39, 0.29) is 18.1 Å². The summed E-state index contributed by atoms with van der Waals surface area (Å²) in [4.78, 5) is 39.4. The Balaban J connectivity index is 1.53. The molecule has 0 radical (unpaired) electrons. The molecule has 0 saturated carbocycles. The normalized spacial score (nSPS) is 14.0. The molecule has 0 N–H and O–H groups in total. The van der Waals surface area contributed by atoms with Crippen molar-refractivity contribution in [3.8, 4) is 5.75 Å². The summed E-state index contributed by atoms with van der Waals surface area (Å²) in [7, 11) is 0. The lowest BCUT2D eigenvalue weighted by Crippen LogP contribution is -2.33. The number of rotatable bonds is 7. The van der Waals surface area contributed by atoms with Crippen LogP contribution in [0.1, 0.15) is 24.3 Å². The highest BCUT2D eigenvalue weighted by Crippen LogP contribution is 2.32. The van der Waals surface area contributed by atoms with Crippen LogP contribution in [0.25, 0.3) is 0 Å². The molecule has 4 rings (SSSR count). The molecule has 0 unspecified atom stereocenters. The van der Waals surface area contributed by atoms with E-state index >= 15 is 0 Å². The lowest BCUT2D eigenvalue weighted by atomic mass is 10.2. The third kappa shape index (κ3) is 3.64. The predicted molar refractivity (Wildman–Crippen MR) is 105 cm³/mol. The summed E-state index contributed by atoms with van der Waals surface area (Å²) >= 11 is 0. The molecule has 1 aliphatic rings. The Morgan fingerprint density at radius 3 is 2.37 bits per heavy atom. The summed E-state index contributed by atoms with van der Waals surface area (Å²) in [6, 6.07) is 15.3. The zero-order chi connectivity index (χ0) is 21.1. The summed E-state index contributed by atoms with van der Waals surface area (Å²) in [6.07, 6.45) is 0.419. The molecule has 1 fully saturated rings. The first-order chi connectivity index (χ1) is 14.6. The first-order valence-corrected chi connectivity index (χ1v) is 9.35. The number of carbonyl (C=O) groups is 3. The number of anilines is 1. The fourth-order valence-corrected chi connectivity index (χ4v) is 3.11. The van der Waals surface area contributed by atoms with E-state index in [2.05, 4.69) is 10.2 Å². The fourth-order valence-electron chi connectivity index (χ4n) is 3.11. The molecule has 9 nitrogen and oxygen atoms in total. The van der Waals surface area contributed by atoms with Gasteiger partial charge in [0.15, 0.2) is 0 Å². The zero-order valence-electron chi connectivity index (χ0n) is 16.1. The van der Waals surface area contributed by atoms with Crippen LogP contribution >= 0.6 is 0 Å². The highest BCUT2D eigenvalue weighted by atomic mass is 16.5. The van der Waals surface area contributed by atoms with Crippen LogP contribution in [0.15, 0.2) is 59.0 Å². The number of aromatic nitrogens is 2. The molecule has 0 spiro atoms. The van der Waals surface area contributed by atoms with E-state index < -0.39 is 17.8 Å². The minimum Gasteiger partial charge on any atom is -0.492 e. The van der Waals surface area contributed by atoms with Gasteiger partial charge < -0.3 is 9.15 Å². The van der Waals surface area contributed by atoms with Crippen molar-refractivity contribution in [2.75, 3.05) is 11.5 Å². The van der Waals surface area contributed by atoms with Crippen LogP contribution in [0.5, 0.6) is 5.75 Å². The van der Waals surface area contributed by atoms with Gasteiger partial charge in [0.2, 0.25) is 11.8 Å². The zero-order valence-corrected chi connectivity index (χ0v) is 16.1. The van der Waals surface area contributed by atoms with Gasteiger partial charge in [-0.1, -0.05) is 42.5 Å². The molecule has 3 aromatic rings. The van der Waals surface area contributed by atoms with E-state index in [1.165, 1.54) is 0 Å². The summed E-state index contributed by atoms with van der Waals surface area (Å²) < 4.78 is 11.0. The number of urea groups is 1. The summed E-state index contributed by atoms with van der Waals surface area (Å²) in [5.41, 5.74) is 1.19. The topological polar surface area (TPSA) is 106 Å². The Morgan fingerprint density at radius 2 is 1.60 bits per heavy atom. The highest BCUT2D eigenvalue weighted by Gasteiger charge is 2.47. The Morgan fingerprint density at radius 1 is 0.900 bits per heavy atom. The summed E-state index contributed by atoms with van der Waals surface area (Å²) in [5, 5.41) is 7.85. The van der Waals surface area contributed by atoms with Crippen molar-refractivity contribution in [3.63, 3.8) is 0 Å². The lowest BCUT2D eigenvalue weighted by Gasteiger charge is -2.17. The van der Waals surface area contributed by atoms with E-state index in [4.69, 9.17) is 9.15 Å². The number of hydrogen-bond donors (Lipinski definition) is 0. The predicted octanol–water partition coefficient (Wildman–Crippen LogP) is 2.55. The van der Waals surface area contributed by atoms with Gasteiger partial charge in [-0.3, -0.25) is 9.59 Å². The van der Waals surface area contributed by atoms with Crippen molar-refractivity contribution < 1.29 is 23.5 Å². The maximum absolute atomic E-state index is 12.9. The number of nitrogens with zero attached hydrogens (tertiary/aromatic N) is 4. The third-order valence-corrected chi connectivity index (χ3v) is 4.46. The number of amides is 4. The lowest BCUT2D eigenvalue weighted by molar-refractivity contribution is -0.139. The number of ether oxygens (including phenoxy) is 1. The second kappa shape index (κ2) is 8.16. The molecule has 1 aromatic heterocycles. The Kier molecular flexibility index (Phi) is 5.25. The van der Waals surface area contributed by atoms with Crippen LogP contribution in [0.4, 0.5) is 10.5 Å². The van der Waals surface area contributed by atoms with Gasteiger partial charge in [0.1, 0.15) is 12.3 Å². The first kappa shape index (κ1) is 19.3. The highest BCUT2D eigenvalue weighted by molar-refractivity contribution is 6.52. The van der Waals surface area contributed by atoms with Gasteiger partial charge in [-0.15, -0.1) is 10.2 Å². The van der Waals surface area contributed by atoms with Gasteiger partial charge in [0, 0.05) is 0 Å². The van der Waals surface area contributed by atoms with Gasteiger partial charge in [0.05, 0.1) is 18.7 Å². The van der Waals surface area contributed by atoms with Crippen molar-refractivity contribution >= 4 is 23.5 Å². The first-order valence-electron chi connectivity index (χ1n) is 9.35. The Labute approximate surface area is 171 Å². The van der Waals surface area contributed by atoms with Gasteiger partial charge in [0.25, 0.3) is 0 Å². The molecule has 9 heteroatoms. The molecule has 4 amide bonds. The van der Waals surface area contributed by atoms with Crippen molar-refractivity contribution in [3.05, 3.63) is 71.9 Å². The molecule has 0 atom stereocenters. The van der Waals surface area contributed by atoms with Crippen LogP contribution in [0.2, 0.25) is 0 Å². The molecule has 1 aliphatic heterocycles. The van der Waals surface area contributed by atoms with Crippen molar-refractivity contribution in [1.29, 1.82) is 0 Å². The van der Waals surface area contributed by atoms with E-state index in [9.17, 15) is 14.4 Å². The Bertz CT molecular complexity index is 1100. The average Bonchev–Trinajstić information content (AvgIpc) is 3.28. The van der Waals surface area contributed by atoms with E-state index in [1.807, 2.05) is 30.3 Å². The second-order valence-corrected chi connectivity index (χ2v) is 6.47. The number of carbonyl (C=O) groups excluding carboxylic acids is 3. The molecule has 30 heavy (non-hydrogen) atoms. The van der Waals surface area contributed by atoms with Crippen LogP contribution in [0, 0.1) is 0 Å². The maximum Gasteiger partial charge on any atom is 0.339 e. The van der Waals surface area contributed by atoms with Gasteiger partial charge in [-0.25, -0.2) is 14.6 Å². The number of para-hydroxylation sites is 2. The maximum atomic E-state index is 12.9. The van der Waals surface area contributed by atoms with E-state index in [0.717, 1.165) is 15.4 Å². The third-order valence-electron chi connectivity index (χ3n) is 4.46. The summed E-state index contributed by atoms with van der Waals surface area (Å²) in [6.45, 7) is 1.83. The minimum absolute atomic E-state index is 0.0652. The molecule has 0 aliphatic carbocycles. The van der Waals surface area contributed by atoms with E-state index in [0.29, 0.717) is 24.7 Å². The van der Waals surface area contributed by atoms with Crippen molar-refractivity contribution in [2.45, 2.75) is 19.9 Å². The van der Waals surface area contributed by atoms with Crippen LogP contribution < -0.4 is 9.64 Å². The minimum atomic E-state index is -0.964. The second-order valence-electron chi connectivity index (χ2n) is 6.47. The average molecular weight is 406 g/mol. The van der Waals surface area contributed by atoms with Gasteiger partial charge in [-0.05, 0) is 24.6 Å². The van der Waals surface area contributed by atoms with Crippen molar-refractivity contribution in [1.82, 2.24) is 15.1 Å². The van der Waals surface area contributed by atoms with Gasteiger partial charge >= 0.3 is 17.8 Å². The van der Waals surface area contributed by atoms with Gasteiger partial charge in [-0.2, -0.15) is 0 Å². The molecule has 1 saturated heterocycles. The number of hydrogen-bond acceptors (Lipinski definition) is 7. The molecule has 2 heterocycles. The van der Waals surface area contributed by atoms with Crippen LogP contribution in [-0.2, 0) is 22.6 Å². The largest absolute Gasteiger partial charge is 0.492 e. The number of benzene rings is 2. The molecule has 0 bridgehead atoms. The Hall–Kier alpha value is -4.01. The number of imide groups is 2. The SMILES string of the molecule is CCOc1ccccc1N1C(=O)C(=O)N(Cc2nnc(Cc3ccccc3)o2)C1=O. The standard InChI is InChI=1S/C21H18N4O5/c1-2-29-16-11-7-6-10-15(16)25-20(27)19(26)24(21(25)28)13-18-23-22-17(30-18)12-14-8-4-3-5-9-14/h3-11H,2,12-13H2,1H3.